The summed E-state index contributed by atoms with van der Waals surface area (Å²) in [4.78, 5) is 22.1. The van der Waals surface area contributed by atoms with Gasteiger partial charge in [-0.1, -0.05) is 54.6 Å². The summed E-state index contributed by atoms with van der Waals surface area (Å²) >= 11 is 0. The highest BCUT2D eigenvalue weighted by molar-refractivity contribution is 5.75. The Balaban J connectivity index is 2.22. The van der Waals surface area contributed by atoms with Crippen LogP contribution in [0.15, 0.2) is 54.6 Å². The molecule has 0 fully saturated rings. The van der Waals surface area contributed by atoms with Crippen LogP contribution in [0, 0.1) is 0 Å². The lowest BCUT2D eigenvalue weighted by molar-refractivity contribution is -0.137. The molecule has 1 atom stereocenters. The number of carbonyl (C=O) groups is 2. The first-order valence-corrected chi connectivity index (χ1v) is 6.70. The first kappa shape index (κ1) is 14.8. The Morgan fingerprint density at radius 3 is 2.10 bits per heavy atom. The van der Waals surface area contributed by atoms with E-state index in [9.17, 15) is 9.59 Å². The zero-order chi connectivity index (χ0) is 15.2. The van der Waals surface area contributed by atoms with Gasteiger partial charge in [-0.05, 0) is 16.7 Å². The van der Waals surface area contributed by atoms with Crippen LogP contribution >= 0.6 is 0 Å². The van der Waals surface area contributed by atoms with E-state index in [-0.39, 0.29) is 12.3 Å². The molecule has 0 aliphatic rings. The molecule has 4 heteroatoms. The van der Waals surface area contributed by atoms with Crippen molar-refractivity contribution in [3.63, 3.8) is 0 Å². The van der Waals surface area contributed by atoms with Gasteiger partial charge in [0.1, 0.15) is 0 Å². The van der Waals surface area contributed by atoms with Crippen LogP contribution in [0.3, 0.4) is 0 Å². The van der Waals surface area contributed by atoms with E-state index in [4.69, 9.17) is 5.11 Å². The number of carboxylic acid groups (broad SMARTS) is 1. The third-order valence-electron chi connectivity index (χ3n) is 3.18. The smallest absolute Gasteiger partial charge is 0.305 e. The Bertz CT molecular complexity index is 604. The van der Waals surface area contributed by atoms with E-state index in [0.29, 0.717) is 0 Å². The van der Waals surface area contributed by atoms with Crippen LogP contribution in [0.2, 0.25) is 0 Å². The van der Waals surface area contributed by atoms with Gasteiger partial charge in [0.2, 0.25) is 5.91 Å². The summed E-state index contributed by atoms with van der Waals surface area (Å²) in [6.45, 7) is 1.38. The van der Waals surface area contributed by atoms with Gasteiger partial charge in [0, 0.05) is 6.92 Å². The predicted octanol–water partition coefficient (Wildman–Crippen LogP) is 3.01. The summed E-state index contributed by atoms with van der Waals surface area (Å²) < 4.78 is 0. The maximum absolute atomic E-state index is 11.2. The molecule has 4 nitrogen and oxygen atoms in total. The van der Waals surface area contributed by atoms with Crippen LogP contribution in [-0.2, 0) is 9.59 Å². The molecule has 0 aliphatic heterocycles. The van der Waals surface area contributed by atoms with Crippen LogP contribution in [-0.4, -0.2) is 17.0 Å². The fourth-order valence-corrected chi connectivity index (χ4v) is 2.21. The molecule has 0 spiro atoms. The van der Waals surface area contributed by atoms with Gasteiger partial charge in [0.15, 0.2) is 0 Å². The third-order valence-corrected chi connectivity index (χ3v) is 3.18. The lowest BCUT2D eigenvalue weighted by Crippen LogP contribution is -2.27. The molecular weight excluding hydrogens is 266 g/mol. The number of carboxylic acids is 1. The molecule has 21 heavy (non-hydrogen) atoms. The standard InChI is InChI=1S/C17H17NO3/c1-12(19)18-16(11-17(20)21)15-9-7-14(8-10-15)13-5-3-2-4-6-13/h2-10,16H,11H2,1H3,(H,18,19)(H,20,21)/t16-/m0/s1. The molecule has 0 unspecified atom stereocenters. The van der Waals surface area contributed by atoms with Gasteiger partial charge in [0.05, 0.1) is 12.5 Å². The highest BCUT2D eigenvalue weighted by Crippen LogP contribution is 2.23. The van der Waals surface area contributed by atoms with Crippen LogP contribution in [0.4, 0.5) is 0 Å². The van der Waals surface area contributed by atoms with Crippen LogP contribution in [0.25, 0.3) is 11.1 Å². The van der Waals surface area contributed by atoms with Crippen molar-refractivity contribution >= 4 is 11.9 Å². The molecule has 2 aromatic rings. The van der Waals surface area contributed by atoms with Crippen molar-refractivity contribution in [2.75, 3.05) is 0 Å². The molecule has 0 saturated heterocycles. The highest BCUT2D eigenvalue weighted by atomic mass is 16.4. The monoisotopic (exact) mass is 283 g/mol. The van der Waals surface area contributed by atoms with Crippen LogP contribution < -0.4 is 5.32 Å². The Kier molecular flexibility index (Phi) is 4.72. The summed E-state index contributed by atoms with van der Waals surface area (Å²) in [5.41, 5.74) is 2.93. The van der Waals surface area contributed by atoms with Crippen molar-refractivity contribution < 1.29 is 14.7 Å². The first-order chi connectivity index (χ1) is 10.1. The summed E-state index contributed by atoms with van der Waals surface area (Å²) in [5.74, 6) is -1.19. The second kappa shape index (κ2) is 6.70. The predicted molar refractivity (Wildman–Crippen MR) is 80.7 cm³/mol. The minimum Gasteiger partial charge on any atom is -0.481 e. The maximum Gasteiger partial charge on any atom is 0.305 e. The Hall–Kier alpha value is -2.62. The average Bonchev–Trinajstić information content (AvgIpc) is 2.47. The van der Waals surface area contributed by atoms with E-state index in [1.807, 2.05) is 54.6 Å². The molecule has 0 bridgehead atoms. The molecule has 0 radical (unpaired) electrons. The highest BCUT2D eigenvalue weighted by Gasteiger charge is 2.16. The number of benzene rings is 2. The van der Waals surface area contributed by atoms with Gasteiger partial charge >= 0.3 is 5.97 Å². The van der Waals surface area contributed by atoms with E-state index in [0.717, 1.165) is 16.7 Å². The number of nitrogens with one attached hydrogen (secondary N) is 1. The molecule has 2 N–H and O–H groups in total. The maximum atomic E-state index is 11.2. The Morgan fingerprint density at radius 1 is 1.00 bits per heavy atom. The van der Waals surface area contributed by atoms with Gasteiger partial charge in [0.25, 0.3) is 0 Å². The van der Waals surface area contributed by atoms with E-state index in [1.165, 1.54) is 6.92 Å². The number of hydrogen-bond acceptors (Lipinski definition) is 2. The van der Waals surface area contributed by atoms with Crippen LogP contribution in [0.1, 0.15) is 24.9 Å². The zero-order valence-electron chi connectivity index (χ0n) is 11.7. The van der Waals surface area contributed by atoms with Gasteiger partial charge in [-0.2, -0.15) is 0 Å². The minimum absolute atomic E-state index is 0.135. The number of aliphatic carboxylic acids is 1. The Labute approximate surface area is 123 Å². The van der Waals surface area contributed by atoms with Crippen molar-refractivity contribution in [3.05, 3.63) is 60.2 Å². The zero-order valence-corrected chi connectivity index (χ0v) is 11.7. The number of amides is 1. The summed E-state index contributed by atoms with van der Waals surface area (Å²) in [5, 5.41) is 11.6. The Morgan fingerprint density at radius 2 is 1.57 bits per heavy atom. The first-order valence-electron chi connectivity index (χ1n) is 6.70. The van der Waals surface area contributed by atoms with Crippen molar-refractivity contribution in [1.82, 2.24) is 5.32 Å². The fraction of sp³-hybridized carbons (Fsp3) is 0.176. The van der Waals surface area contributed by atoms with Crippen LogP contribution in [0.5, 0.6) is 0 Å². The molecule has 1 amide bonds. The molecule has 0 saturated carbocycles. The molecule has 0 aromatic heterocycles. The molecule has 2 rings (SSSR count). The molecule has 108 valence electrons. The quantitative estimate of drug-likeness (QED) is 0.886. The second-order valence-electron chi connectivity index (χ2n) is 4.84. The van der Waals surface area contributed by atoms with E-state index in [2.05, 4.69) is 5.32 Å². The molecule has 0 heterocycles. The number of hydrogen-bond donors (Lipinski definition) is 2. The van der Waals surface area contributed by atoms with E-state index in [1.54, 1.807) is 0 Å². The second-order valence-corrected chi connectivity index (χ2v) is 4.84. The lowest BCUT2D eigenvalue weighted by atomic mass is 9.99. The van der Waals surface area contributed by atoms with E-state index < -0.39 is 12.0 Å². The van der Waals surface area contributed by atoms with Crippen molar-refractivity contribution in [1.29, 1.82) is 0 Å². The molecule has 0 aliphatic carbocycles. The number of rotatable bonds is 5. The van der Waals surface area contributed by atoms with Crippen molar-refractivity contribution in [2.24, 2.45) is 0 Å². The van der Waals surface area contributed by atoms with Gasteiger partial charge < -0.3 is 10.4 Å². The minimum atomic E-state index is -0.944. The van der Waals surface area contributed by atoms with Gasteiger partial charge in [-0.3, -0.25) is 9.59 Å². The SMILES string of the molecule is CC(=O)N[C@@H](CC(=O)O)c1ccc(-c2ccccc2)cc1. The summed E-state index contributed by atoms with van der Waals surface area (Å²) in [6.07, 6.45) is -0.135. The fourth-order valence-electron chi connectivity index (χ4n) is 2.21. The summed E-state index contributed by atoms with van der Waals surface area (Å²) in [7, 11) is 0. The third kappa shape index (κ3) is 4.18. The number of carbonyl (C=O) groups excluding carboxylic acids is 1. The van der Waals surface area contributed by atoms with Gasteiger partial charge in [-0.15, -0.1) is 0 Å². The summed E-state index contributed by atoms with van der Waals surface area (Å²) in [6, 6.07) is 17.0. The largest absolute Gasteiger partial charge is 0.481 e. The normalized spacial score (nSPS) is 11.7. The van der Waals surface area contributed by atoms with Crippen molar-refractivity contribution in [3.8, 4) is 11.1 Å². The van der Waals surface area contributed by atoms with E-state index >= 15 is 0 Å². The molecule has 2 aromatic carbocycles. The topological polar surface area (TPSA) is 66.4 Å². The molecular formula is C17H17NO3. The average molecular weight is 283 g/mol. The van der Waals surface area contributed by atoms with Gasteiger partial charge in [-0.25, -0.2) is 0 Å². The lowest BCUT2D eigenvalue weighted by Gasteiger charge is -2.16. The van der Waals surface area contributed by atoms with Crippen molar-refractivity contribution in [2.45, 2.75) is 19.4 Å².